The summed E-state index contributed by atoms with van der Waals surface area (Å²) in [5, 5.41) is 11.0. The van der Waals surface area contributed by atoms with Crippen LogP contribution in [0.2, 0.25) is 0 Å². The summed E-state index contributed by atoms with van der Waals surface area (Å²) in [5.41, 5.74) is 2.42. The van der Waals surface area contributed by atoms with Gasteiger partial charge in [-0.3, -0.25) is 9.59 Å². The molecule has 3 rings (SSSR count). The first-order valence-electron chi connectivity index (χ1n) is 10.2. The first kappa shape index (κ1) is 22.3. The highest BCUT2D eigenvalue weighted by Crippen LogP contribution is 2.39. The Kier molecular flexibility index (Phi) is 7.26. The van der Waals surface area contributed by atoms with E-state index in [9.17, 15) is 14.7 Å². The number of hydrogen-bond acceptors (Lipinski definition) is 5. The maximum Gasteiger partial charge on any atom is 0.295 e. The van der Waals surface area contributed by atoms with Gasteiger partial charge >= 0.3 is 0 Å². The number of hydrogen-bond donors (Lipinski definition) is 1. The third kappa shape index (κ3) is 4.70. The number of nitrogens with zero attached hydrogens (tertiary/aromatic N) is 1. The second kappa shape index (κ2) is 10.1. The van der Waals surface area contributed by atoms with Gasteiger partial charge in [-0.05, 0) is 41.8 Å². The Bertz CT molecular complexity index is 976. The van der Waals surface area contributed by atoms with Gasteiger partial charge in [0.2, 0.25) is 0 Å². The molecule has 0 aromatic heterocycles. The number of likely N-dealkylation sites (tertiary alicyclic amines) is 1. The zero-order chi connectivity index (χ0) is 22.4. The predicted molar refractivity (Wildman–Crippen MR) is 119 cm³/mol. The number of methoxy groups -OCH3 is 1. The molecule has 1 N–H and O–H groups in total. The molecular formula is C25H27NO5. The van der Waals surface area contributed by atoms with E-state index in [2.05, 4.69) is 13.5 Å². The fourth-order valence-corrected chi connectivity index (χ4v) is 3.60. The van der Waals surface area contributed by atoms with Crippen molar-refractivity contribution in [2.45, 2.75) is 19.4 Å². The Morgan fingerprint density at radius 1 is 1.13 bits per heavy atom. The van der Waals surface area contributed by atoms with Crippen LogP contribution in [0.3, 0.4) is 0 Å². The third-order valence-electron chi connectivity index (χ3n) is 5.28. The summed E-state index contributed by atoms with van der Waals surface area (Å²) in [6, 6.07) is 13.8. The van der Waals surface area contributed by atoms with E-state index in [1.54, 1.807) is 30.3 Å². The number of amides is 1. The van der Waals surface area contributed by atoms with Crippen molar-refractivity contribution in [3.63, 3.8) is 0 Å². The molecule has 1 unspecified atom stereocenters. The summed E-state index contributed by atoms with van der Waals surface area (Å²) in [6.07, 6.45) is 2.52. The van der Waals surface area contributed by atoms with Crippen LogP contribution in [0.15, 0.2) is 66.8 Å². The molecule has 1 amide bonds. The molecule has 6 nitrogen and oxygen atoms in total. The molecule has 2 aromatic carbocycles. The molecule has 0 spiro atoms. The van der Waals surface area contributed by atoms with Crippen LogP contribution in [0, 0.1) is 0 Å². The van der Waals surface area contributed by atoms with Crippen LogP contribution in [0.25, 0.3) is 5.76 Å². The van der Waals surface area contributed by atoms with Gasteiger partial charge in [0.1, 0.15) is 18.1 Å². The minimum atomic E-state index is -0.704. The van der Waals surface area contributed by atoms with Gasteiger partial charge in [-0.1, -0.05) is 43.8 Å². The molecule has 6 heteroatoms. The number of aliphatic hydroxyl groups is 1. The summed E-state index contributed by atoms with van der Waals surface area (Å²) in [6.45, 7) is 6.56. The van der Waals surface area contributed by atoms with Gasteiger partial charge in [0, 0.05) is 19.2 Å². The molecule has 1 saturated heterocycles. The minimum Gasteiger partial charge on any atom is -0.507 e. The summed E-state index contributed by atoms with van der Waals surface area (Å²) in [4.78, 5) is 27.2. The second-order valence-corrected chi connectivity index (χ2v) is 7.20. The lowest BCUT2D eigenvalue weighted by Gasteiger charge is -2.25. The van der Waals surface area contributed by atoms with Crippen LogP contribution in [0.1, 0.15) is 29.7 Å². The van der Waals surface area contributed by atoms with Gasteiger partial charge in [-0.15, -0.1) is 0 Å². The predicted octanol–water partition coefficient (Wildman–Crippen LogP) is 3.88. The van der Waals surface area contributed by atoms with Crippen molar-refractivity contribution in [2.75, 3.05) is 26.9 Å². The number of ether oxygens (including phenoxy) is 2. The van der Waals surface area contributed by atoms with Gasteiger partial charge in [0.05, 0.1) is 18.2 Å². The molecule has 1 aliphatic rings. The number of benzene rings is 2. The van der Waals surface area contributed by atoms with E-state index in [-0.39, 0.29) is 24.5 Å². The second-order valence-electron chi connectivity index (χ2n) is 7.20. The van der Waals surface area contributed by atoms with Gasteiger partial charge in [-0.25, -0.2) is 0 Å². The number of carbonyl (C=O) groups is 2. The van der Waals surface area contributed by atoms with Crippen LogP contribution in [0.4, 0.5) is 0 Å². The maximum absolute atomic E-state index is 12.9. The average Bonchev–Trinajstić information content (AvgIpc) is 3.06. The number of carbonyl (C=O) groups excluding carboxylic acids is 2. The van der Waals surface area contributed by atoms with Crippen LogP contribution in [-0.2, 0) is 20.7 Å². The number of rotatable bonds is 9. The smallest absolute Gasteiger partial charge is 0.295 e. The monoisotopic (exact) mass is 421 g/mol. The minimum absolute atomic E-state index is 0.0742. The Balaban J connectivity index is 2.05. The zero-order valence-corrected chi connectivity index (χ0v) is 17.8. The Labute approximate surface area is 182 Å². The molecule has 0 aliphatic carbocycles. The van der Waals surface area contributed by atoms with Gasteiger partial charge in [0.25, 0.3) is 11.7 Å². The van der Waals surface area contributed by atoms with Gasteiger partial charge in [-0.2, -0.15) is 0 Å². The number of ketones is 1. The van der Waals surface area contributed by atoms with E-state index in [4.69, 9.17) is 9.47 Å². The Morgan fingerprint density at radius 3 is 2.39 bits per heavy atom. The summed E-state index contributed by atoms with van der Waals surface area (Å²) in [7, 11) is 1.54. The van der Waals surface area contributed by atoms with Crippen LogP contribution < -0.4 is 4.74 Å². The van der Waals surface area contributed by atoms with Crippen molar-refractivity contribution >= 4 is 17.4 Å². The molecule has 0 bridgehead atoms. The zero-order valence-electron chi connectivity index (χ0n) is 17.8. The lowest BCUT2D eigenvalue weighted by molar-refractivity contribution is -0.140. The molecule has 1 atom stereocenters. The van der Waals surface area contributed by atoms with Crippen LogP contribution in [-0.4, -0.2) is 48.6 Å². The van der Waals surface area contributed by atoms with Crippen molar-refractivity contribution in [1.29, 1.82) is 0 Å². The topological polar surface area (TPSA) is 76.1 Å². The van der Waals surface area contributed by atoms with E-state index >= 15 is 0 Å². The largest absolute Gasteiger partial charge is 0.507 e. The van der Waals surface area contributed by atoms with Crippen molar-refractivity contribution in [3.05, 3.63) is 83.4 Å². The molecule has 31 heavy (non-hydrogen) atoms. The normalized spacial score (nSPS) is 17.7. The van der Waals surface area contributed by atoms with Crippen molar-refractivity contribution in [1.82, 2.24) is 4.90 Å². The molecule has 162 valence electrons. The highest BCUT2D eigenvalue weighted by atomic mass is 16.5. The Hall–Kier alpha value is -3.38. The molecule has 0 saturated carbocycles. The molecule has 1 fully saturated rings. The van der Waals surface area contributed by atoms with E-state index in [1.165, 1.54) is 12.0 Å². The standard InChI is InChI=1S/C25H27NO5/c1-4-15-31-20-12-10-19(11-13-20)23(27)21-22(18-8-6-17(5-2)7-9-18)26(14-16-30-3)25(29)24(21)28/h4,6-13,22,27H,1,5,14-16H2,2-3H3. The summed E-state index contributed by atoms with van der Waals surface area (Å²) >= 11 is 0. The number of Topliss-reactive ketones (excluding diaryl/α,β-unsaturated/α-hetero) is 1. The van der Waals surface area contributed by atoms with Crippen molar-refractivity contribution in [3.8, 4) is 5.75 Å². The molecule has 0 radical (unpaired) electrons. The highest BCUT2D eigenvalue weighted by Gasteiger charge is 2.45. The lowest BCUT2D eigenvalue weighted by atomic mass is 9.94. The maximum atomic E-state index is 12.9. The summed E-state index contributed by atoms with van der Waals surface area (Å²) in [5.74, 6) is -0.943. The van der Waals surface area contributed by atoms with E-state index in [0.717, 1.165) is 17.5 Å². The van der Waals surface area contributed by atoms with Crippen LogP contribution in [0.5, 0.6) is 5.75 Å². The van der Waals surface area contributed by atoms with Crippen molar-refractivity contribution in [2.24, 2.45) is 0 Å². The molecule has 1 aliphatic heterocycles. The van der Waals surface area contributed by atoms with Crippen LogP contribution >= 0.6 is 0 Å². The van der Waals surface area contributed by atoms with Crippen molar-refractivity contribution < 1.29 is 24.2 Å². The lowest BCUT2D eigenvalue weighted by Crippen LogP contribution is -2.32. The first-order chi connectivity index (χ1) is 15.0. The molecule has 1 heterocycles. The number of aliphatic hydroxyl groups excluding tert-OH is 1. The van der Waals surface area contributed by atoms with E-state index in [1.807, 2.05) is 24.3 Å². The average molecular weight is 421 g/mol. The fourth-order valence-electron chi connectivity index (χ4n) is 3.60. The van der Waals surface area contributed by atoms with Gasteiger partial charge in [0.15, 0.2) is 0 Å². The van der Waals surface area contributed by atoms with E-state index in [0.29, 0.717) is 17.9 Å². The highest BCUT2D eigenvalue weighted by molar-refractivity contribution is 6.46. The van der Waals surface area contributed by atoms with Gasteiger partial charge < -0.3 is 19.5 Å². The summed E-state index contributed by atoms with van der Waals surface area (Å²) < 4.78 is 10.6. The Morgan fingerprint density at radius 2 is 1.81 bits per heavy atom. The SMILES string of the molecule is C=CCOc1ccc(C(O)=C2C(=O)C(=O)N(CCOC)C2c2ccc(CC)cc2)cc1. The third-order valence-corrected chi connectivity index (χ3v) is 5.28. The molecular weight excluding hydrogens is 394 g/mol. The molecule has 2 aromatic rings. The number of aryl methyl sites for hydroxylation is 1. The quantitative estimate of drug-likeness (QED) is 0.288. The van der Waals surface area contributed by atoms with E-state index < -0.39 is 17.7 Å². The first-order valence-corrected chi connectivity index (χ1v) is 10.2. The fraction of sp³-hybridized carbons (Fsp3) is 0.280.